The molecule has 1 aromatic heterocycles. The number of likely N-dealkylation sites (N-methyl/N-ethyl adjacent to an activating group) is 1. The predicted octanol–water partition coefficient (Wildman–Crippen LogP) is 7.14. The van der Waals surface area contributed by atoms with Crippen LogP contribution in [0.2, 0.25) is 5.02 Å². The Bertz CT molecular complexity index is 1250. The number of hydrogen-bond acceptors (Lipinski definition) is 4. The van der Waals surface area contributed by atoms with Crippen molar-refractivity contribution >= 4 is 40.6 Å². The summed E-state index contributed by atoms with van der Waals surface area (Å²) in [6.45, 7) is 17.4. The Labute approximate surface area is 232 Å². The third kappa shape index (κ3) is 8.56. The number of rotatable bonds is 5. The number of halogens is 1. The second-order valence-corrected chi connectivity index (χ2v) is 11.0. The van der Waals surface area contributed by atoms with E-state index in [-0.39, 0.29) is 6.42 Å². The fourth-order valence-corrected chi connectivity index (χ4v) is 4.42. The van der Waals surface area contributed by atoms with E-state index in [9.17, 15) is 14.7 Å². The van der Waals surface area contributed by atoms with Gasteiger partial charge in [0, 0.05) is 36.2 Å². The first kappa shape index (κ1) is 32.6. The molecule has 1 aliphatic heterocycles. The Kier molecular flexibility index (Phi) is 12.4. The Morgan fingerprint density at radius 2 is 1.68 bits per heavy atom. The number of aryl methyl sites for hydroxylation is 1. The van der Waals surface area contributed by atoms with Gasteiger partial charge < -0.3 is 19.3 Å². The highest BCUT2D eigenvalue weighted by Crippen LogP contribution is 2.44. The molecule has 4 rings (SSSR count). The van der Waals surface area contributed by atoms with E-state index in [2.05, 4.69) is 74.8 Å². The van der Waals surface area contributed by atoms with Gasteiger partial charge in [0.2, 0.25) is 0 Å². The van der Waals surface area contributed by atoms with Gasteiger partial charge in [-0.3, -0.25) is 9.59 Å². The van der Waals surface area contributed by atoms with Crippen molar-refractivity contribution in [1.82, 2.24) is 4.57 Å². The Balaban J connectivity index is 0.000000511. The van der Waals surface area contributed by atoms with Crippen molar-refractivity contribution in [1.29, 1.82) is 0 Å². The molecule has 0 saturated carbocycles. The van der Waals surface area contributed by atoms with E-state index in [1.54, 1.807) is 6.92 Å². The van der Waals surface area contributed by atoms with Gasteiger partial charge in [-0.15, -0.1) is 12.8 Å². The molecule has 0 bridgehead atoms. The molecule has 0 atom stereocenters. The van der Waals surface area contributed by atoms with Crippen molar-refractivity contribution in [2.45, 2.75) is 61.4 Å². The summed E-state index contributed by atoms with van der Waals surface area (Å²) in [6.07, 6.45) is 8.00. The van der Waals surface area contributed by atoms with Gasteiger partial charge in [-0.25, -0.2) is 0 Å². The second kappa shape index (κ2) is 14.5. The molecule has 0 radical (unpaired) electrons. The van der Waals surface area contributed by atoms with Gasteiger partial charge in [-0.1, -0.05) is 51.4 Å². The van der Waals surface area contributed by atoms with Crippen molar-refractivity contribution in [2.75, 3.05) is 25.1 Å². The highest BCUT2D eigenvalue weighted by Gasteiger charge is 2.27. The third-order valence-corrected chi connectivity index (χ3v) is 5.90. The fourth-order valence-electron chi connectivity index (χ4n) is 4.30. The fraction of sp³-hybridized carbons (Fsp3) is 0.419. The zero-order valence-electron chi connectivity index (χ0n) is 23.9. The summed E-state index contributed by atoms with van der Waals surface area (Å²) < 4.78 is 6.50. The van der Waals surface area contributed by atoms with Gasteiger partial charge >= 0.3 is 5.97 Å². The number of ether oxygens (including phenoxy) is 1. The zero-order chi connectivity index (χ0) is 29.2. The molecule has 0 saturated heterocycles. The van der Waals surface area contributed by atoms with Crippen molar-refractivity contribution < 1.29 is 19.4 Å². The van der Waals surface area contributed by atoms with Crippen LogP contribution in [0.15, 0.2) is 30.3 Å². The van der Waals surface area contributed by atoms with E-state index in [1.807, 2.05) is 31.2 Å². The third-order valence-electron chi connectivity index (χ3n) is 5.64. The highest BCUT2D eigenvalue weighted by atomic mass is 35.5. The van der Waals surface area contributed by atoms with Crippen LogP contribution in [0.5, 0.6) is 0 Å². The number of benzene rings is 2. The van der Waals surface area contributed by atoms with E-state index in [0.29, 0.717) is 23.5 Å². The van der Waals surface area contributed by atoms with Crippen LogP contribution in [0.25, 0.3) is 22.0 Å². The highest BCUT2D eigenvalue weighted by molar-refractivity contribution is 6.30. The summed E-state index contributed by atoms with van der Waals surface area (Å²) in [5, 5.41) is 11.3. The lowest BCUT2D eigenvalue weighted by molar-refractivity contribution is -0.136. The molecule has 0 fully saturated rings. The number of carbonyl (C=O) groups is 2. The molecular weight excluding hydrogens is 500 g/mol. The number of carboxylic acid groups (broad SMARTS) is 1. The number of carboxylic acids is 1. The molecule has 6 nitrogen and oxygen atoms in total. The Hall–Kier alpha value is -3.43. The number of aromatic nitrogens is 1. The maximum atomic E-state index is 11.6. The van der Waals surface area contributed by atoms with Crippen molar-refractivity contribution in [3.8, 4) is 24.0 Å². The molecule has 1 aliphatic rings. The average molecular weight is 541 g/mol. The number of aliphatic carboxylic acids is 1. The predicted molar refractivity (Wildman–Crippen MR) is 159 cm³/mol. The van der Waals surface area contributed by atoms with Gasteiger partial charge in [-0.2, -0.15) is 0 Å². The van der Waals surface area contributed by atoms with Crippen LogP contribution in [0, 0.1) is 32.1 Å². The molecule has 0 amide bonds. The lowest BCUT2D eigenvalue weighted by Gasteiger charge is -2.31. The van der Waals surface area contributed by atoms with Gasteiger partial charge in [0.25, 0.3) is 6.47 Å². The van der Waals surface area contributed by atoms with Crippen molar-refractivity contribution in [2.24, 2.45) is 5.41 Å². The molecule has 0 unspecified atom stereocenters. The van der Waals surface area contributed by atoms with Gasteiger partial charge in [0.15, 0.2) is 0 Å². The molecule has 38 heavy (non-hydrogen) atoms. The summed E-state index contributed by atoms with van der Waals surface area (Å²) >= 11 is 6.07. The van der Waals surface area contributed by atoms with Crippen molar-refractivity contribution in [3.63, 3.8) is 0 Å². The summed E-state index contributed by atoms with van der Waals surface area (Å²) in [6, 6.07) is 9.86. The first-order chi connectivity index (χ1) is 17.8. The number of carbonyl (C=O) groups excluding carboxylic acids is 1. The van der Waals surface area contributed by atoms with Gasteiger partial charge in [0.05, 0.1) is 24.2 Å². The molecule has 1 N–H and O–H groups in total. The minimum absolute atomic E-state index is 0.00476. The van der Waals surface area contributed by atoms with Crippen molar-refractivity contribution in [3.05, 3.63) is 52.2 Å². The quantitative estimate of drug-likeness (QED) is 0.275. The molecular formula is C31H41ClN2O4. The van der Waals surface area contributed by atoms with E-state index in [4.69, 9.17) is 11.6 Å². The van der Waals surface area contributed by atoms with Gasteiger partial charge in [-0.05, 0) is 66.6 Å². The van der Waals surface area contributed by atoms with Crippen LogP contribution in [0.1, 0.15) is 51.4 Å². The standard InChI is InChI=1S/C21H21ClN2O2.C5H12.C3H6O2.C2H2/c1-12-10-17-19(14-4-6-15(22)7-5-14)16(11-18(25)26)13(2)20-21(17)24(12)9-8-23(20)3;1-5(2,3)4;1-2-5-3-4;1-2/h4-7,10H,8-9,11H2,1-3H3,(H,25,26);1-4H3;3H,2H2,1H3;1-2H. The summed E-state index contributed by atoms with van der Waals surface area (Å²) in [5.41, 5.74) is 8.00. The van der Waals surface area contributed by atoms with Crippen LogP contribution in [-0.2, 0) is 27.3 Å². The first-order valence-corrected chi connectivity index (χ1v) is 12.9. The summed E-state index contributed by atoms with van der Waals surface area (Å²) in [5.74, 6) is -0.815. The molecule has 2 heterocycles. The van der Waals surface area contributed by atoms with Crippen LogP contribution < -0.4 is 4.90 Å². The van der Waals surface area contributed by atoms with Crippen LogP contribution in [-0.4, -0.2) is 42.3 Å². The van der Waals surface area contributed by atoms with Gasteiger partial charge in [0.1, 0.15) is 0 Å². The average Bonchev–Trinajstić information content (AvgIpc) is 3.16. The lowest BCUT2D eigenvalue weighted by atomic mass is 9.89. The number of nitrogens with zero attached hydrogens (tertiary/aromatic N) is 2. The van der Waals surface area contributed by atoms with E-state index >= 15 is 0 Å². The monoisotopic (exact) mass is 540 g/mol. The smallest absolute Gasteiger partial charge is 0.307 e. The maximum absolute atomic E-state index is 11.6. The number of hydrogen-bond donors (Lipinski definition) is 1. The van der Waals surface area contributed by atoms with Crippen LogP contribution >= 0.6 is 11.6 Å². The number of terminal acetylenes is 1. The molecule has 2 aromatic carbocycles. The van der Waals surface area contributed by atoms with Crippen LogP contribution in [0.4, 0.5) is 5.69 Å². The largest absolute Gasteiger partial charge is 0.481 e. The van der Waals surface area contributed by atoms with E-state index in [0.717, 1.165) is 46.4 Å². The Morgan fingerprint density at radius 1 is 1.13 bits per heavy atom. The Morgan fingerprint density at radius 3 is 2.13 bits per heavy atom. The lowest BCUT2D eigenvalue weighted by Crippen LogP contribution is -2.29. The molecule has 0 spiro atoms. The second-order valence-electron chi connectivity index (χ2n) is 10.6. The maximum Gasteiger partial charge on any atom is 0.307 e. The molecule has 3 aromatic rings. The SMILES string of the molecule is C#C.CC(C)(C)C.CCOC=O.Cc1c(CC(=O)O)c(-c2ccc(Cl)cc2)c2cc(C)n3c2c1N(C)CC3. The first-order valence-electron chi connectivity index (χ1n) is 12.5. The minimum atomic E-state index is -0.815. The normalized spacial score (nSPS) is 11.7. The zero-order valence-corrected chi connectivity index (χ0v) is 24.6. The van der Waals surface area contributed by atoms with E-state index in [1.165, 1.54) is 11.2 Å². The molecule has 206 valence electrons. The summed E-state index contributed by atoms with van der Waals surface area (Å²) in [7, 11) is 2.08. The van der Waals surface area contributed by atoms with E-state index < -0.39 is 5.97 Å². The minimum Gasteiger partial charge on any atom is -0.481 e. The molecule has 7 heteroatoms. The number of anilines is 1. The molecule has 0 aliphatic carbocycles. The van der Waals surface area contributed by atoms with Crippen LogP contribution in [0.3, 0.4) is 0 Å². The summed E-state index contributed by atoms with van der Waals surface area (Å²) in [4.78, 5) is 23.0. The topological polar surface area (TPSA) is 71.8 Å².